The number of aryl methyl sites for hydroxylation is 1. The van der Waals surface area contributed by atoms with Crippen molar-refractivity contribution >= 4 is 10.1 Å². The van der Waals surface area contributed by atoms with Gasteiger partial charge in [-0.2, -0.15) is 8.42 Å². The first-order chi connectivity index (χ1) is 14.4. The third-order valence-electron chi connectivity index (χ3n) is 5.14. The topological polar surface area (TPSA) is 86.7 Å². The van der Waals surface area contributed by atoms with Gasteiger partial charge >= 0.3 is 29.6 Å². The quantitative estimate of drug-likeness (QED) is 0.268. The van der Waals surface area contributed by atoms with E-state index in [9.17, 15) is 18.1 Å². The zero-order valence-corrected chi connectivity index (χ0v) is 21.6. The zero-order chi connectivity index (χ0) is 21.8. The maximum absolute atomic E-state index is 11.7. The molecule has 2 aromatic carbocycles. The van der Waals surface area contributed by atoms with Gasteiger partial charge in [0.15, 0.2) is 0 Å². The van der Waals surface area contributed by atoms with Gasteiger partial charge in [0, 0.05) is 0 Å². The summed E-state index contributed by atoms with van der Waals surface area (Å²) in [7, 11) is -4.43. The Hall–Kier alpha value is -1.05. The second-order valence-electron chi connectivity index (χ2n) is 7.77. The van der Waals surface area contributed by atoms with Gasteiger partial charge in [0.05, 0.1) is 0 Å². The fourth-order valence-electron chi connectivity index (χ4n) is 3.48. The minimum atomic E-state index is -4.43. The number of rotatable bonds is 14. The van der Waals surface area contributed by atoms with Crippen LogP contribution in [0.2, 0.25) is 0 Å². The van der Waals surface area contributed by atoms with Gasteiger partial charge in [-0.05, 0) is 42.7 Å². The van der Waals surface area contributed by atoms with Gasteiger partial charge < -0.3 is 9.84 Å². The molecular formula is C24H33NaO5S. The molecule has 0 unspecified atom stereocenters. The molecule has 0 saturated heterocycles. The molecule has 166 valence electrons. The van der Waals surface area contributed by atoms with Crippen molar-refractivity contribution in [1.29, 1.82) is 0 Å². The van der Waals surface area contributed by atoms with Crippen LogP contribution in [-0.4, -0.2) is 13.0 Å². The molecule has 0 aromatic heterocycles. The predicted octanol–water partition coefficient (Wildman–Crippen LogP) is 3.27. The van der Waals surface area contributed by atoms with Gasteiger partial charge in [-0.25, -0.2) is 0 Å². The van der Waals surface area contributed by atoms with Crippen molar-refractivity contribution in [2.75, 3.05) is 0 Å². The molecule has 2 aromatic rings. The molecule has 1 N–H and O–H groups in total. The summed E-state index contributed by atoms with van der Waals surface area (Å²) in [4.78, 5) is -0.300. The number of ether oxygens (including phenoxy) is 1. The van der Waals surface area contributed by atoms with E-state index in [0.717, 1.165) is 24.8 Å². The van der Waals surface area contributed by atoms with Crippen LogP contribution < -0.4 is 39.4 Å². The van der Waals surface area contributed by atoms with Crippen LogP contribution in [-0.2, 0) is 16.5 Å². The molecule has 0 radical (unpaired) electrons. The standard InChI is InChI=1S/C24H34O5S.Na/c1-2-3-4-5-6-7-8-9-10-11-13-20-16-17-24(30(26,27)28)23(18-20)29-22-15-12-14-21(25)19-22;/h12,14-19,25H,2-11,13H2,1H3,(H,26,27,28);/q;+1/p-1. The Labute approximate surface area is 209 Å². The third-order valence-corrected chi connectivity index (χ3v) is 6.03. The van der Waals surface area contributed by atoms with Gasteiger partial charge in [0.25, 0.3) is 10.1 Å². The van der Waals surface area contributed by atoms with Crippen molar-refractivity contribution in [1.82, 2.24) is 0 Å². The average molecular weight is 457 g/mol. The van der Waals surface area contributed by atoms with Crippen LogP contribution in [0.15, 0.2) is 47.4 Å². The van der Waals surface area contributed by atoms with Crippen molar-refractivity contribution in [3.63, 3.8) is 0 Å². The van der Waals surface area contributed by atoms with Crippen molar-refractivity contribution < 1.29 is 52.4 Å². The fourth-order valence-corrected chi connectivity index (χ4v) is 4.08. The molecule has 0 heterocycles. The minimum absolute atomic E-state index is 0. The van der Waals surface area contributed by atoms with Crippen LogP contribution in [0.1, 0.15) is 76.7 Å². The van der Waals surface area contributed by atoms with E-state index in [1.54, 1.807) is 24.3 Å². The fraction of sp³-hybridized carbons (Fsp3) is 0.500. The summed E-state index contributed by atoms with van der Waals surface area (Å²) in [6.07, 6.45) is 13.3. The zero-order valence-electron chi connectivity index (χ0n) is 18.8. The summed E-state index contributed by atoms with van der Waals surface area (Å²) >= 11 is 0. The van der Waals surface area contributed by atoms with E-state index in [2.05, 4.69) is 6.92 Å². The Morgan fingerprint density at radius 1 is 0.871 bits per heavy atom. The van der Waals surface area contributed by atoms with Gasteiger partial charge in [-0.1, -0.05) is 82.9 Å². The monoisotopic (exact) mass is 456 g/mol. The van der Waals surface area contributed by atoms with Gasteiger partial charge in [-0.3, -0.25) is 4.55 Å². The molecule has 0 aliphatic heterocycles. The molecule has 0 aliphatic rings. The van der Waals surface area contributed by atoms with Crippen molar-refractivity contribution in [2.24, 2.45) is 0 Å². The third kappa shape index (κ3) is 10.9. The molecule has 0 fully saturated rings. The SMILES string of the molecule is CCCCCCCCCCCCc1ccc(S(=O)(=O)O)c(Oc2cccc([O-])c2)c1.[Na+]. The minimum Gasteiger partial charge on any atom is -0.872 e. The summed E-state index contributed by atoms with van der Waals surface area (Å²) in [5, 5.41) is 11.5. The molecule has 2 rings (SSSR count). The van der Waals surface area contributed by atoms with Gasteiger partial charge in [0.2, 0.25) is 0 Å². The van der Waals surface area contributed by atoms with Crippen molar-refractivity contribution in [2.45, 2.75) is 82.4 Å². The Morgan fingerprint density at radius 2 is 1.48 bits per heavy atom. The molecule has 0 aliphatic carbocycles. The van der Waals surface area contributed by atoms with Crippen molar-refractivity contribution in [3.05, 3.63) is 48.0 Å². The summed E-state index contributed by atoms with van der Waals surface area (Å²) in [5.41, 5.74) is 0.940. The van der Waals surface area contributed by atoms with Crippen LogP contribution in [0.4, 0.5) is 0 Å². The molecule has 0 spiro atoms. The van der Waals surface area contributed by atoms with Gasteiger partial charge in [-0.15, -0.1) is 5.75 Å². The van der Waals surface area contributed by atoms with Crippen LogP contribution in [0.25, 0.3) is 0 Å². The summed E-state index contributed by atoms with van der Waals surface area (Å²) in [6.45, 7) is 2.23. The second-order valence-corrected chi connectivity index (χ2v) is 9.16. The van der Waals surface area contributed by atoms with E-state index in [1.165, 1.54) is 69.6 Å². The largest absolute Gasteiger partial charge is 1.00 e. The molecule has 31 heavy (non-hydrogen) atoms. The first-order valence-electron chi connectivity index (χ1n) is 11.0. The smallest absolute Gasteiger partial charge is 0.872 e. The molecular weight excluding hydrogens is 423 g/mol. The summed E-state index contributed by atoms with van der Waals surface area (Å²) in [6, 6.07) is 10.5. The average Bonchev–Trinajstić information content (AvgIpc) is 2.69. The Morgan fingerprint density at radius 3 is 2.06 bits per heavy atom. The number of hydrogen-bond donors (Lipinski definition) is 1. The molecule has 0 bridgehead atoms. The van der Waals surface area contributed by atoms with E-state index < -0.39 is 10.1 Å². The van der Waals surface area contributed by atoms with Crippen molar-refractivity contribution in [3.8, 4) is 17.2 Å². The van der Waals surface area contributed by atoms with E-state index in [1.807, 2.05) is 0 Å². The molecule has 0 atom stereocenters. The van der Waals surface area contributed by atoms with E-state index in [0.29, 0.717) is 0 Å². The second kappa shape index (κ2) is 14.9. The van der Waals surface area contributed by atoms with Gasteiger partial charge in [0.1, 0.15) is 16.4 Å². The molecule has 7 heteroatoms. The van der Waals surface area contributed by atoms with Crippen LogP contribution >= 0.6 is 0 Å². The molecule has 5 nitrogen and oxygen atoms in total. The summed E-state index contributed by atoms with van der Waals surface area (Å²) in [5.74, 6) is 0.0404. The predicted molar refractivity (Wildman–Crippen MR) is 118 cm³/mol. The first-order valence-corrected chi connectivity index (χ1v) is 12.4. The maximum Gasteiger partial charge on any atom is 1.00 e. The summed E-state index contributed by atoms with van der Waals surface area (Å²) < 4.78 is 38.5. The van der Waals surface area contributed by atoms with Crippen LogP contribution in [0.5, 0.6) is 17.2 Å². The Kier molecular flexibility index (Phi) is 13.5. The number of hydrogen-bond acceptors (Lipinski definition) is 4. The maximum atomic E-state index is 11.7. The number of benzene rings is 2. The van der Waals surface area contributed by atoms with E-state index >= 15 is 0 Å². The number of unbranched alkanes of at least 4 members (excludes halogenated alkanes) is 9. The normalized spacial score (nSPS) is 11.2. The first kappa shape index (κ1) is 28.0. The molecule has 0 amide bonds. The Balaban J connectivity index is 0.00000480. The van der Waals surface area contributed by atoms with E-state index in [4.69, 9.17) is 4.74 Å². The van der Waals surface area contributed by atoms with Crippen LogP contribution in [0.3, 0.4) is 0 Å². The van der Waals surface area contributed by atoms with Crippen LogP contribution in [0, 0.1) is 0 Å². The molecule has 0 saturated carbocycles. The van der Waals surface area contributed by atoms with E-state index in [-0.39, 0.29) is 51.7 Å². The Bertz CT molecular complexity index is 883.